The van der Waals surface area contributed by atoms with Gasteiger partial charge >= 0.3 is 5.97 Å². The first-order chi connectivity index (χ1) is 6.74. The van der Waals surface area contributed by atoms with Crippen LogP contribution in [0.2, 0.25) is 0 Å². The van der Waals surface area contributed by atoms with Gasteiger partial charge in [-0.1, -0.05) is 25.8 Å². The van der Waals surface area contributed by atoms with E-state index in [1.54, 1.807) is 6.07 Å². The highest BCUT2D eigenvalue weighted by atomic mass is 16.4. The minimum Gasteiger partial charge on any atom is -0.475 e. The number of hydrogen-bond acceptors (Lipinski definition) is 2. The van der Waals surface area contributed by atoms with Crippen LogP contribution in [0.25, 0.3) is 6.08 Å². The van der Waals surface area contributed by atoms with Crippen LogP contribution in [-0.2, 0) is 0 Å². The number of carboxylic acid groups (broad SMARTS) is 1. The minimum atomic E-state index is -1.03. The molecule has 3 heteroatoms. The summed E-state index contributed by atoms with van der Waals surface area (Å²) in [5, 5.41) is 8.59. The average Bonchev–Trinajstić information content (AvgIpc) is 2.61. The highest BCUT2D eigenvalue weighted by Gasteiger charge is 2.06. The molecule has 0 spiro atoms. The third kappa shape index (κ3) is 3.09. The lowest BCUT2D eigenvalue weighted by molar-refractivity contribution is 0.0662. The predicted molar refractivity (Wildman–Crippen MR) is 54.2 cm³/mol. The van der Waals surface area contributed by atoms with E-state index in [2.05, 4.69) is 6.92 Å². The molecular weight excluding hydrogens is 180 g/mol. The van der Waals surface area contributed by atoms with Crippen LogP contribution in [0.5, 0.6) is 0 Å². The second-order valence-electron chi connectivity index (χ2n) is 3.05. The van der Waals surface area contributed by atoms with E-state index in [9.17, 15) is 4.79 Å². The Morgan fingerprint density at radius 3 is 2.93 bits per heavy atom. The van der Waals surface area contributed by atoms with Crippen LogP contribution < -0.4 is 0 Å². The third-order valence-electron chi connectivity index (χ3n) is 1.84. The van der Waals surface area contributed by atoms with Crippen molar-refractivity contribution in [2.24, 2.45) is 0 Å². The van der Waals surface area contributed by atoms with Gasteiger partial charge in [0.1, 0.15) is 5.76 Å². The van der Waals surface area contributed by atoms with Crippen molar-refractivity contribution in [1.29, 1.82) is 0 Å². The number of unbranched alkanes of at least 4 members (excludes halogenated alkanes) is 2. The van der Waals surface area contributed by atoms with Crippen molar-refractivity contribution in [2.75, 3.05) is 0 Å². The molecule has 0 aromatic carbocycles. The summed E-state index contributed by atoms with van der Waals surface area (Å²) in [6.07, 6.45) is 7.10. The molecule has 1 aromatic rings. The van der Waals surface area contributed by atoms with E-state index >= 15 is 0 Å². The van der Waals surface area contributed by atoms with Crippen molar-refractivity contribution in [3.05, 3.63) is 29.7 Å². The van der Waals surface area contributed by atoms with Crippen molar-refractivity contribution in [1.82, 2.24) is 0 Å². The molecule has 0 aliphatic heterocycles. The predicted octanol–water partition coefficient (Wildman–Crippen LogP) is 3.18. The van der Waals surface area contributed by atoms with Crippen LogP contribution in [0, 0.1) is 0 Å². The fraction of sp³-hybridized carbons (Fsp3) is 0.364. The van der Waals surface area contributed by atoms with E-state index in [1.165, 1.54) is 6.07 Å². The molecule has 1 N–H and O–H groups in total. The number of allylic oxidation sites excluding steroid dienone is 1. The summed E-state index contributed by atoms with van der Waals surface area (Å²) in [4.78, 5) is 10.5. The fourth-order valence-electron chi connectivity index (χ4n) is 1.08. The van der Waals surface area contributed by atoms with E-state index in [0.717, 1.165) is 19.3 Å². The molecule has 76 valence electrons. The van der Waals surface area contributed by atoms with Crippen LogP contribution in [0.4, 0.5) is 0 Å². The number of aromatic carboxylic acids is 1. The van der Waals surface area contributed by atoms with Crippen LogP contribution in [0.15, 0.2) is 22.6 Å². The second-order valence-corrected chi connectivity index (χ2v) is 3.05. The summed E-state index contributed by atoms with van der Waals surface area (Å²) in [5.41, 5.74) is 0. The average molecular weight is 194 g/mol. The van der Waals surface area contributed by atoms with Gasteiger partial charge in [-0.2, -0.15) is 0 Å². The number of carboxylic acids is 1. The molecule has 14 heavy (non-hydrogen) atoms. The smallest absolute Gasteiger partial charge is 0.371 e. The highest BCUT2D eigenvalue weighted by molar-refractivity contribution is 5.84. The Hall–Kier alpha value is -1.51. The highest BCUT2D eigenvalue weighted by Crippen LogP contribution is 2.10. The fourth-order valence-corrected chi connectivity index (χ4v) is 1.08. The van der Waals surface area contributed by atoms with Crippen molar-refractivity contribution in [3.63, 3.8) is 0 Å². The Balaban J connectivity index is 2.51. The second kappa shape index (κ2) is 5.27. The van der Waals surface area contributed by atoms with Crippen LogP contribution >= 0.6 is 0 Å². The van der Waals surface area contributed by atoms with Crippen LogP contribution in [0.1, 0.15) is 42.5 Å². The zero-order valence-electron chi connectivity index (χ0n) is 8.19. The summed E-state index contributed by atoms with van der Waals surface area (Å²) in [5.74, 6) is -0.447. The van der Waals surface area contributed by atoms with Gasteiger partial charge in [0, 0.05) is 0 Å². The summed E-state index contributed by atoms with van der Waals surface area (Å²) in [7, 11) is 0. The number of carbonyl (C=O) groups is 1. The number of hydrogen-bond donors (Lipinski definition) is 1. The van der Waals surface area contributed by atoms with Gasteiger partial charge in [-0.25, -0.2) is 4.79 Å². The molecule has 0 unspecified atom stereocenters. The summed E-state index contributed by atoms with van der Waals surface area (Å²) < 4.78 is 5.04. The Kier molecular flexibility index (Phi) is 3.98. The number of furan rings is 1. The molecule has 1 aromatic heterocycles. The molecule has 0 amide bonds. The molecule has 0 radical (unpaired) electrons. The Morgan fingerprint density at radius 1 is 1.57 bits per heavy atom. The zero-order chi connectivity index (χ0) is 10.4. The van der Waals surface area contributed by atoms with Gasteiger partial charge in [0.15, 0.2) is 0 Å². The lowest BCUT2D eigenvalue weighted by Crippen LogP contribution is -1.91. The molecule has 0 saturated carbocycles. The molecule has 0 fully saturated rings. The molecule has 1 heterocycles. The molecule has 0 atom stereocenters. The first kappa shape index (κ1) is 10.6. The van der Waals surface area contributed by atoms with E-state index < -0.39 is 5.97 Å². The van der Waals surface area contributed by atoms with Gasteiger partial charge < -0.3 is 9.52 Å². The molecular formula is C11H14O3. The van der Waals surface area contributed by atoms with E-state index in [0.29, 0.717) is 5.76 Å². The Labute approximate surface area is 83.0 Å². The van der Waals surface area contributed by atoms with Crippen molar-refractivity contribution < 1.29 is 14.3 Å². The van der Waals surface area contributed by atoms with Gasteiger partial charge in [-0.15, -0.1) is 0 Å². The normalized spacial score (nSPS) is 10.9. The minimum absolute atomic E-state index is 0.0138. The summed E-state index contributed by atoms with van der Waals surface area (Å²) >= 11 is 0. The van der Waals surface area contributed by atoms with Crippen molar-refractivity contribution in [3.8, 4) is 0 Å². The molecule has 0 aliphatic rings. The van der Waals surface area contributed by atoms with Gasteiger partial charge in [0.25, 0.3) is 0 Å². The maximum Gasteiger partial charge on any atom is 0.371 e. The van der Waals surface area contributed by atoms with Crippen LogP contribution in [0.3, 0.4) is 0 Å². The van der Waals surface area contributed by atoms with E-state index in [4.69, 9.17) is 9.52 Å². The van der Waals surface area contributed by atoms with Gasteiger partial charge in [0.05, 0.1) is 0 Å². The molecule has 0 bridgehead atoms. The number of rotatable bonds is 5. The standard InChI is InChI=1S/C11H14O3/c1-2-3-4-5-6-9-7-8-10(14-9)11(12)13/h5-8H,2-4H2,1H3,(H,12,13). The summed E-state index contributed by atoms with van der Waals surface area (Å²) in [6.45, 7) is 2.13. The largest absolute Gasteiger partial charge is 0.475 e. The topological polar surface area (TPSA) is 50.4 Å². The molecule has 3 nitrogen and oxygen atoms in total. The SMILES string of the molecule is CCCCC=Cc1ccc(C(=O)O)o1. The first-order valence-electron chi connectivity index (χ1n) is 4.73. The van der Waals surface area contributed by atoms with Crippen LogP contribution in [-0.4, -0.2) is 11.1 Å². The molecule has 0 aliphatic carbocycles. The molecule has 0 saturated heterocycles. The van der Waals surface area contributed by atoms with Gasteiger partial charge in [-0.05, 0) is 24.6 Å². The Morgan fingerprint density at radius 2 is 2.36 bits per heavy atom. The van der Waals surface area contributed by atoms with E-state index in [-0.39, 0.29) is 5.76 Å². The quantitative estimate of drug-likeness (QED) is 0.732. The molecule has 1 rings (SSSR count). The monoisotopic (exact) mass is 194 g/mol. The van der Waals surface area contributed by atoms with Crippen molar-refractivity contribution in [2.45, 2.75) is 26.2 Å². The van der Waals surface area contributed by atoms with Gasteiger partial charge in [-0.3, -0.25) is 0 Å². The van der Waals surface area contributed by atoms with Gasteiger partial charge in [0.2, 0.25) is 5.76 Å². The zero-order valence-corrected chi connectivity index (χ0v) is 8.19. The third-order valence-corrected chi connectivity index (χ3v) is 1.84. The summed E-state index contributed by atoms with van der Waals surface area (Å²) in [6, 6.07) is 3.12. The maximum absolute atomic E-state index is 10.5. The lowest BCUT2D eigenvalue weighted by atomic mass is 10.2. The van der Waals surface area contributed by atoms with Crippen molar-refractivity contribution >= 4 is 12.0 Å². The van der Waals surface area contributed by atoms with E-state index in [1.807, 2.05) is 12.2 Å². The lowest BCUT2D eigenvalue weighted by Gasteiger charge is -1.88. The Bertz CT molecular complexity index is 323. The maximum atomic E-state index is 10.5. The first-order valence-corrected chi connectivity index (χ1v) is 4.73.